The molecular weight excluding hydrogens is 526 g/mol. The number of ether oxygens (including phenoxy) is 2. The van der Waals surface area contributed by atoms with Crippen LogP contribution in [0.3, 0.4) is 0 Å². The van der Waals surface area contributed by atoms with Crippen LogP contribution in [0, 0.1) is 11.3 Å². The summed E-state index contributed by atoms with van der Waals surface area (Å²) in [5.41, 5.74) is 0.497. The van der Waals surface area contributed by atoms with Gasteiger partial charge in [-0.2, -0.15) is 5.26 Å². The first-order valence-corrected chi connectivity index (χ1v) is 12.0. The Labute approximate surface area is 255 Å². The maximum absolute atomic E-state index is 13.1. The minimum absolute atomic E-state index is 0.00803. The second-order valence-electron chi connectivity index (χ2n) is 8.19. The number of halogens is 1. The fourth-order valence-corrected chi connectivity index (χ4v) is 3.82. The van der Waals surface area contributed by atoms with Crippen LogP contribution in [0.1, 0.15) is 40.1 Å². The van der Waals surface area contributed by atoms with E-state index in [0.717, 1.165) is 19.2 Å². The summed E-state index contributed by atoms with van der Waals surface area (Å²) in [5, 5.41) is 13.2. The van der Waals surface area contributed by atoms with Crippen molar-refractivity contribution in [1.29, 1.82) is 5.26 Å². The first-order valence-electron chi connectivity index (χ1n) is 17.6. The van der Waals surface area contributed by atoms with Gasteiger partial charge in [0.15, 0.2) is 5.78 Å². The van der Waals surface area contributed by atoms with Crippen molar-refractivity contribution in [3.8, 4) is 17.6 Å². The van der Waals surface area contributed by atoms with Crippen LogP contribution in [-0.4, -0.2) is 47.7 Å². The molecule has 0 spiro atoms. The second kappa shape index (κ2) is 13.6. The molecule has 4 aromatic rings. The highest BCUT2D eigenvalue weighted by Crippen LogP contribution is 2.36. The van der Waals surface area contributed by atoms with E-state index in [1.807, 2.05) is 6.07 Å². The molecule has 204 valence electrons. The SMILES string of the molecule is [2H]C([2H])(Oc1ccc(Nc2c(C#N)cnc3cc(OC([2H])([2H])C([2H])([2H])[2H])c(CC(=O)/C=C/C([2H])([2H])N(C)C([2H])([2H])[2H])cc23)cc1Cl)c1ccccn1. The number of hydrogen-bond acceptors (Lipinski definition) is 8. The maximum atomic E-state index is 13.1. The molecule has 0 amide bonds. The number of carbonyl (C=O) groups is 1. The first-order chi connectivity index (χ1) is 23.9. The molecule has 0 aliphatic rings. The van der Waals surface area contributed by atoms with Gasteiger partial charge in [0, 0.05) is 59.0 Å². The number of nitriles is 1. The van der Waals surface area contributed by atoms with E-state index in [1.54, 1.807) is 12.1 Å². The molecule has 2 heterocycles. The molecule has 0 fully saturated rings. The lowest BCUT2D eigenvalue weighted by Crippen LogP contribution is -2.11. The molecular formula is C31H30ClN5O3. The first kappa shape index (κ1) is 16.6. The van der Waals surface area contributed by atoms with Crippen LogP contribution in [0.5, 0.6) is 11.5 Å². The molecule has 0 aliphatic heterocycles. The molecule has 2 aromatic heterocycles. The number of fused-ring (bicyclic) bond motifs is 1. The smallest absolute Gasteiger partial charge is 0.159 e. The van der Waals surface area contributed by atoms with Crippen molar-refractivity contribution in [3.05, 3.63) is 94.9 Å². The monoisotopic (exact) mass is 567 g/mol. The summed E-state index contributed by atoms with van der Waals surface area (Å²) in [4.78, 5) is 21.8. The van der Waals surface area contributed by atoms with Gasteiger partial charge in [0.05, 0.1) is 39.5 Å². The molecule has 0 saturated carbocycles. The molecule has 1 N–H and O–H groups in total. The van der Waals surface area contributed by atoms with E-state index in [0.29, 0.717) is 10.6 Å². The third-order valence-corrected chi connectivity index (χ3v) is 5.66. The number of benzene rings is 2. The average molecular weight is 568 g/mol. The molecule has 4 rings (SSSR count). The van der Waals surface area contributed by atoms with Crippen LogP contribution in [0.4, 0.5) is 11.4 Å². The quantitative estimate of drug-likeness (QED) is 0.205. The highest BCUT2D eigenvalue weighted by atomic mass is 35.5. The van der Waals surface area contributed by atoms with Gasteiger partial charge in [0.25, 0.3) is 0 Å². The summed E-state index contributed by atoms with van der Waals surface area (Å²) >= 11 is 6.46. The van der Waals surface area contributed by atoms with Crippen molar-refractivity contribution in [2.45, 2.75) is 19.8 Å². The minimum atomic E-state index is -3.25. The zero-order valence-electron chi connectivity index (χ0n) is 33.0. The lowest BCUT2D eigenvalue weighted by Gasteiger charge is -2.16. The van der Waals surface area contributed by atoms with Gasteiger partial charge in [-0.25, -0.2) is 0 Å². The van der Waals surface area contributed by atoms with E-state index in [1.165, 1.54) is 48.8 Å². The van der Waals surface area contributed by atoms with Crippen LogP contribution < -0.4 is 14.8 Å². The zero-order chi connectivity index (χ0) is 38.9. The van der Waals surface area contributed by atoms with Crippen LogP contribution in [-0.2, 0) is 17.8 Å². The Kier molecular flexibility index (Phi) is 5.63. The maximum Gasteiger partial charge on any atom is 0.159 e. The summed E-state index contributed by atoms with van der Waals surface area (Å²) in [5.74, 6) is -1.18. The van der Waals surface area contributed by atoms with Crippen molar-refractivity contribution in [1.82, 2.24) is 14.9 Å². The summed E-state index contributed by atoms with van der Waals surface area (Å²) in [6, 6.07) is 13.5. The predicted octanol–water partition coefficient (Wildman–Crippen LogP) is 6.11. The number of aromatic nitrogens is 2. The largest absolute Gasteiger partial charge is 0.494 e. The van der Waals surface area contributed by atoms with Crippen molar-refractivity contribution in [2.24, 2.45) is 0 Å². The Bertz CT molecular complexity index is 2030. The van der Waals surface area contributed by atoms with Crippen molar-refractivity contribution in [2.75, 3.05) is 32.4 Å². The number of ketones is 1. The highest BCUT2D eigenvalue weighted by Gasteiger charge is 2.16. The van der Waals surface area contributed by atoms with E-state index >= 15 is 0 Å². The Morgan fingerprint density at radius 2 is 2.12 bits per heavy atom. The molecule has 0 aliphatic carbocycles. The van der Waals surface area contributed by atoms with E-state index in [9.17, 15) is 10.1 Å². The minimum Gasteiger partial charge on any atom is -0.494 e. The molecule has 0 radical (unpaired) electrons. The van der Waals surface area contributed by atoms with Gasteiger partial charge >= 0.3 is 0 Å². The van der Waals surface area contributed by atoms with Crippen molar-refractivity contribution >= 4 is 39.7 Å². The van der Waals surface area contributed by atoms with Gasteiger partial charge in [-0.05, 0) is 63.3 Å². The van der Waals surface area contributed by atoms with E-state index in [4.69, 9.17) is 37.5 Å². The fraction of sp³-hybridized carbons (Fsp3) is 0.226. The predicted molar refractivity (Wildman–Crippen MR) is 157 cm³/mol. The molecule has 0 saturated heterocycles. The van der Waals surface area contributed by atoms with Gasteiger partial charge in [0.2, 0.25) is 0 Å². The summed E-state index contributed by atoms with van der Waals surface area (Å²) in [6.07, 6.45) is 3.56. The summed E-state index contributed by atoms with van der Waals surface area (Å²) in [6.45, 7) is -14.2. The van der Waals surface area contributed by atoms with Crippen molar-refractivity contribution < 1.29 is 30.7 Å². The van der Waals surface area contributed by atoms with Crippen molar-refractivity contribution in [3.63, 3.8) is 0 Å². The Hall–Kier alpha value is -4.45. The topological polar surface area (TPSA) is 100 Å². The molecule has 0 bridgehead atoms. The molecule has 2 aromatic carbocycles. The van der Waals surface area contributed by atoms with E-state index in [2.05, 4.69) is 15.3 Å². The summed E-state index contributed by atoms with van der Waals surface area (Å²) in [7, 11) is 1.01. The zero-order valence-corrected chi connectivity index (χ0v) is 21.8. The standard InChI is InChI=1S/C31H30ClN5O3/c1-4-39-30-17-28-26(15-21(30)14-25(38)9-7-13-37(2)3)31(22(18-33)19-35-28)36-23-10-11-29(27(32)16-23)40-20-24-8-5-6-12-34-24/h5-12,15-17,19H,4,13-14,20H2,1-3H3,(H,35,36)/b9-7+/i1D3,2D3,4D2,13D2,20D2. The van der Waals surface area contributed by atoms with Crippen LogP contribution in [0.2, 0.25) is 5.02 Å². The lowest BCUT2D eigenvalue weighted by molar-refractivity contribution is -0.114. The number of anilines is 2. The lowest BCUT2D eigenvalue weighted by atomic mass is 10.0. The number of nitrogens with zero attached hydrogens (tertiary/aromatic N) is 4. The Balaban J connectivity index is 1.76. The number of carbonyl (C=O) groups excluding carboxylic acids is 1. The van der Waals surface area contributed by atoms with Gasteiger partial charge < -0.3 is 19.7 Å². The number of allylic oxidation sites excluding steroid dienone is 1. The van der Waals surface area contributed by atoms with Crippen LogP contribution in [0.15, 0.2) is 73.1 Å². The Morgan fingerprint density at radius 1 is 1.23 bits per heavy atom. The molecule has 0 unspecified atom stereocenters. The number of rotatable bonds is 12. The third-order valence-electron chi connectivity index (χ3n) is 5.37. The van der Waals surface area contributed by atoms with Crippen LogP contribution >= 0.6 is 11.6 Å². The van der Waals surface area contributed by atoms with Crippen LogP contribution in [0.25, 0.3) is 10.9 Å². The van der Waals surface area contributed by atoms with Gasteiger partial charge in [-0.15, -0.1) is 0 Å². The summed E-state index contributed by atoms with van der Waals surface area (Å²) < 4.78 is 105. The molecule has 40 heavy (non-hydrogen) atoms. The molecule has 8 nitrogen and oxygen atoms in total. The number of likely N-dealkylation sites (N-methyl/N-ethyl adjacent to an activating group) is 1. The Morgan fingerprint density at radius 3 is 2.88 bits per heavy atom. The highest BCUT2D eigenvalue weighted by molar-refractivity contribution is 6.32. The molecule has 0 atom stereocenters. The van der Waals surface area contributed by atoms with Gasteiger partial charge in [0.1, 0.15) is 24.1 Å². The average Bonchev–Trinajstić information content (AvgIpc) is 3.04. The fourth-order valence-electron chi connectivity index (χ4n) is 3.60. The van der Waals surface area contributed by atoms with Gasteiger partial charge in [-0.3, -0.25) is 14.8 Å². The normalized spacial score (nSPS) is 17.2. The third kappa shape index (κ3) is 7.35. The van der Waals surface area contributed by atoms with E-state index in [-0.39, 0.29) is 49.9 Å². The second-order valence-corrected chi connectivity index (χ2v) is 8.60. The van der Waals surface area contributed by atoms with E-state index < -0.39 is 45.6 Å². The molecule has 9 heteroatoms. The number of pyridine rings is 2. The van der Waals surface area contributed by atoms with Gasteiger partial charge in [-0.1, -0.05) is 23.7 Å². The number of nitrogens with one attached hydrogen (secondary N) is 1. The number of hydrogen-bond donors (Lipinski definition) is 1.